The third kappa shape index (κ3) is 2.11. The number of benzene rings is 1. The first kappa shape index (κ1) is 11.2. The molecule has 84 valence electrons. The molecule has 4 heteroatoms. The van der Waals surface area contributed by atoms with Crippen LogP contribution in [0.5, 0.6) is 0 Å². The van der Waals surface area contributed by atoms with E-state index in [1.165, 1.54) is 17.4 Å². The topological polar surface area (TPSA) is 12.9 Å². The Morgan fingerprint density at radius 3 is 2.62 bits per heavy atom. The summed E-state index contributed by atoms with van der Waals surface area (Å²) in [6.07, 6.45) is 1.72. The second kappa shape index (κ2) is 4.29. The summed E-state index contributed by atoms with van der Waals surface area (Å²) >= 11 is 1.40. The van der Waals surface area contributed by atoms with E-state index in [0.29, 0.717) is 10.9 Å². The van der Waals surface area contributed by atoms with Crippen LogP contribution in [0, 0.1) is 11.6 Å². The minimum Gasteiger partial charge on any atom is -0.244 e. The van der Waals surface area contributed by atoms with Gasteiger partial charge in [0.05, 0.1) is 0 Å². The minimum absolute atomic E-state index is 0.233. The van der Waals surface area contributed by atoms with E-state index in [9.17, 15) is 8.78 Å². The molecule has 1 heterocycles. The van der Waals surface area contributed by atoms with E-state index < -0.39 is 11.6 Å². The molecule has 2 aromatic rings. The Hall–Kier alpha value is -1.29. The summed E-state index contributed by atoms with van der Waals surface area (Å²) in [6.45, 7) is 4.08. The van der Waals surface area contributed by atoms with Crippen molar-refractivity contribution in [2.24, 2.45) is 0 Å². The van der Waals surface area contributed by atoms with Crippen molar-refractivity contribution in [3.05, 3.63) is 40.9 Å². The molecule has 0 saturated carbocycles. The van der Waals surface area contributed by atoms with Gasteiger partial charge in [-0.3, -0.25) is 0 Å². The Labute approximate surface area is 96.8 Å². The number of halogens is 2. The van der Waals surface area contributed by atoms with Crippen LogP contribution in [0.25, 0.3) is 10.6 Å². The molecule has 0 N–H and O–H groups in total. The maximum Gasteiger partial charge on any atom is 0.133 e. The van der Waals surface area contributed by atoms with Gasteiger partial charge in [-0.2, -0.15) is 0 Å². The van der Waals surface area contributed by atoms with Crippen molar-refractivity contribution < 1.29 is 8.78 Å². The van der Waals surface area contributed by atoms with Crippen molar-refractivity contribution >= 4 is 11.3 Å². The van der Waals surface area contributed by atoms with Gasteiger partial charge in [0.2, 0.25) is 0 Å². The van der Waals surface area contributed by atoms with Crippen LogP contribution in [0.3, 0.4) is 0 Å². The number of aromatic nitrogens is 1. The number of hydrogen-bond acceptors (Lipinski definition) is 2. The molecule has 0 bridgehead atoms. The molecule has 1 aromatic heterocycles. The van der Waals surface area contributed by atoms with E-state index in [-0.39, 0.29) is 5.56 Å². The fraction of sp³-hybridized carbons (Fsp3) is 0.250. The van der Waals surface area contributed by atoms with Crippen LogP contribution in [0.2, 0.25) is 0 Å². The Morgan fingerprint density at radius 1 is 1.25 bits per heavy atom. The molecule has 0 aliphatic carbocycles. The summed E-state index contributed by atoms with van der Waals surface area (Å²) in [5.74, 6) is -0.536. The summed E-state index contributed by atoms with van der Waals surface area (Å²) in [4.78, 5) is 5.19. The molecule has 0 aliphatic rings. The molecule has 0 fully saturated rings. The van der Waals surface area contributed by atoms with Gasteiger partial charge in [0.15, 0.2) is 0 Å². The normalized spacial score (nSPS) is 11.1. The number of rotatable bonds is 2. The molecule has 0 saturated heterocycles. The van der Waals surface area contributed by atoms with Crippen molar-refractivity contribution in [2.45, 2.75) is 19.8 Å². The van der Waals surface area contributed by atoms with E-state index >= 15 is 0 Å². The van der Waals surface area contributed by atoms with E-state index in [0.717, 1.165) is 17.0 Å². The first-order chi connectivity index (χ1) is 7.58. The molecule has 16 heavy (non-hydrogen) atoms. The fourth-order valence-corrected chi connectivity index (χ4v) is 2.28. The van der Waals surface area contributed by atoms with Gasteiger partial charge in [-0.05, 0) is 24.1 Å². The SMILES string of the molecule is CC(C)c1cnc(-c2cc(F)ccc2F)s1. The highest BCUT2D eigenvalue weighted by atomic mass is 32.1. The summed E-state index contributed by atoms with van der Waals surface area (Å²) < 4.78 is 26.5. The monoisotopic (exact) mass is 239 g/mol. The molecule has 0 spiro atoms. The number of thiazole rings is 1. The molecule has 0 aliphatic heterocycles. The molecule has 0 atom stereocenters. The number of nitrogens with zero attached hydrogens (tertiary/aromatic N) is 1. The Kier molecular flexibility index (Phi) is 3.01. The maximum absolute atomic E-state index is 13.5. The van der Waals surface area contributed by atoms with Gasteiger partial charge in [0, 0.05) is 16.6 Å². The predicted molar refractivity (Wildman–Crippen MR) is 61.6 cm³/mol. The van der Waals surface area contributed by atoms with E-state index in [2.05, 4.69) is 4.98 Å². The smallest absolute Gasteiger partial charge is 0.133 e. The van der Waals surface area contributed by atoms with Crippen LogP contribution in [0.15, 0.2) is 24.4 Å². The highest BCUT2D eigenvalue weighted by Crippen LogP contribution is 2.31. The van der Waals surface area contributed by atoms with Crippen LogP contribution < -0.4 is 0 Å². The highest BCUT2D eigenvalue weighted by molar-refractivity contribution is 7.15. The van der Waals surface area contributed by atoms with Gasteiger partial charge in [-0.15, -0.1) is 11.3 Å². The Morgan fingerprint density at radius 2 is 2.00 bits per heavy atom. The molecular weight excluding hydrogens is 228 g/mol. The van der Waals surface area contributed by atoms with Gasteiger partial charge in [-0.25, -0.2) is 13.8 Å². The summed E-state index contributed by atoms with van der Waals surface area (Å²) in [5, 5.41) is 0.528. The van der Waals surface area contributed by atoms with Crippen molar-refractivity contribution in [3.8, 4) is 10.6 Å². The standard InChI is InChI=1S/C12H11F2NS/c1-7(2)11-6-15-12(16-11)9-5-8(13)3-4-10(9)14/h3-7H,1-2H3. The van der Waals surface area contributed by atoms with Crippen molar-refractivity contribution in [2.75, 3.05) is 0 Å². The van der Waals surface area contributed by atoms with Gasteiger partial charge in [-0.1, -0.05) is 13.8 Å². The lowest BCUT2D eigenvalue weighted by molar-refractivity contribution is 0.603. The third-order valence-corrected chi connectivity index (χ3v) is 3.58. The first-order valence-electron chi connectivity index (χ1n) is 4.99. The second-order valence-corrected chi connectivity index (χ2v) is 4.91. The van der Waals surface area contributed by atoms with Crippen LogP contribution >= 0.6 is 11.3 Å². The summed E-state index contributed by atoms with van der Waals surface area (Å²) in [5.41, 5.74) is 0.233. The van der Waals surface area contributed by atoms with Crippen molar-refractivity contribution in [1.82, 2.24) is 4.98 Å². The van der Waals surface area contributed by atoms with Crippen molar-refractivity contribution in [1.29, 1.82) is 0 Å². The quantitative estimate of drug-likeness (QED) is 0.765. The number of hydrogen-bond donors (Lipinski definition) is 0. The minimum atomic E-state index is -0.447. The molecule has 0 amide bonds. The zero-order valence-electron chi connectivity index (χ0n) is 9.00. The lowest BCUT2D eigenvalue weighted by Gasteiger charge is -1.99. The lowest BCUT2D eigenvalue weighted by atomic mass is 10.2. The Balaban J connectivity index is 2.46. The zero-order chi connectivity index (χ0) is 11.7. The molecule has 0 unspecified atom stereocenters. The average molecular weight is 239 g/mol. The van der Waals surface area contributed by atoms with Crippen LogP contribution in [-0.4, -0.2) is 4.98 Å². The molecule has 0 radical (unpaired) electrons. The fourth-order valence-electron chi connectivity index (χ4n) is 1.34. The molecule has 2 rings (SSSR count). The van der Waals surface area contributed by atoms with E-state index in [1.54, 1.807) is 6.20 Å². The van der Waals surface area contributed by atoms with E-state index in [4.69, 9.17) is 0 Å². The van der Waals surface area contributed by atoms with Crippen LogP contribution in [0.4, 0.5) is 8.78 Å². The van der Waals surface area contributed by atoms with Gasteiger partial charge >= 0.3 is 0 Å². The third-order valence-electron chi connectivity index (χ3n) is 2.25. The zero-order valence-corrected chi connectivity index (χ0v) is 9.81. The molecule has 1 nitrogen and oxygen atoms in total. The second-order valence-electron chi connectivity index (χ2n) is 3.85. The lowest BCUT2D eigenvalue weighted by Crippen LogP contribution is -1.84. The van der Waals surface area contributed by atoms with Gasteiger partial charge < -0.3 is 0 Å². The van der Waals surface area contributed by atoms with Gasteiger partial charge in [0.25, 0.3) is 0 Å². The van der Waals surface area contributed by atoms with Crippen LogP contribution in [-0.2, 0) is 0 Å². The maximum atomic E-state index is 13.5. The Bertz CT molecular complexity index is 505. The highest BCUT2D eigenvalue weighted by Gasteiger charge is 2.12. The summed E-state index contributed by atoms with van der Waals surface area (Å²) in [7, 11) is 0. The van der Waals surface area contributed by atoms with Crippen molar-refractivity contribution in [3.63, 3.8) is 0 Å². The molecular formula is C12H11F2NS. The van der Waals surface area contributed by atoms with Gasteiger partial charge in [0.1, 0.15) is 16.6 Å². The van der Waals surface area contributed by atoms with E-state index in [1.807, 2.05) is 13.8 Å². The average Bonchev–Trinajstić information content (AvgIpc) is 2.70. The predicted octanol–water partition coefficient (Wildman–Crippen LogP) is 4.21. The molecule has 1 aromatic carbocycles. The van der Waals surface area contributed by atoms with Crippen LogP contribution in [0.1, 0.15) is 24.6 Å². The first-order valence-corrected chi connectivity index (χ1v) is 5.80. The summed E-state index contributed by atoms with van der Waals surface area (Å²) in [6, 6.07) is 3.41. The largest absolute Gasteiger partial charge is 0.244 e.